The number of halogens is 1. The van der Waals surface area contributed by atoms with Gasteiger partial charge in [0, 0.05) is 58.7 Å². The van der Waals surface area contributed by atoms with Gasteiger partial charge in [0.1, 0.15) is 0 Å². The molecule has 1 aromatic carbocycles. The van der Waals surface area contributed by atoms with Gasteiger partial charge < -0.3 is 20.0 Å². The van der Waals surface area contributed by atoms with E-state index in [1.54, 1.807) is 12.4 Å². The molecule has 0 amide bonds. The highest BCUT2D eigenvalue weighted by Gasteiger charge is 2.21. The first kappa shape index (κ1) is 22.4. The van der Waals surface area contributed by atoms with Crippen molar-refractivity contribution >= 4 is 35.9 Å². The number of benzene rings is 1. The number of aliphatic imine (C=N–C) groups is 1. The second kappa shape index (κ2) is 11.2. The molecule has 3 rings (SSSR count). The number of piperazine rings is 1. The molecule has 152 valence electrons. The summed E-state index contributed by atoms with van der Waals surface area (Å²) in [6, 6.07) is 10.4. The first-order chi connectivity index (χ1) is 13.2. The zero-order chi connectivity index (χ0) is 19.1. The lowest BCUT2D eigenvalue weighted by Gasteiger charge is -2.36. The maximum atomic E-state index is 4.49. The molecule has 0 unspecified atom stereocenters. The van der Waals surface area contributed by atoms with E-state index in [1.807, 2.05) is 13.1 Å². The molecule has 2 aromatic rings. The van der Waals surface area contributed by atoms with Crippen LogP contribution in [0.15, 0.2) is 47.7 Å². The molecule has 0 saturated carbocycles. The average Bonchev–Trinajstić information content (AvgIpc) is 2.70. The maximum Gasteiger partial charge on any atom is 0.225 e. The molecule has 1 aliphatic heterocycles. The Morgan fingerprint density at radius 1 is 1.04 bits per heavy atom. The number of rotatable bonds is 5. The zero-order valence-electron chi connectivity index (χ0n) is 16.9. The normalized spacial score (nSPS) is 14.8. The van der Waals surface area contributed by atoms with Crippen molar-refractivity contribution in [3.05, 3.63) is 53.9 Å². The molecule has 7 nitrogen and oxygen atoms in total. The lowest BCUT2D eigenvalue weighted by Crippen LogP contribution is -2.52. The summed E-state index contributed by atoms with van der Waals surface area (Å²) in [5, 5.41) is 3.53. The van der Waals surface area contributed by atoms with Gasteiger partial charge in [0.05, 0.1) is 0 Å². The van der Waals surface area contributed by atoms with Crippen molar-refractivity contribution in [2.75, 3.05) is 52.2 Å². The smallest absolute Gasteiger partial charge is 0.225 e. The van der Waals surface area contributed by atoms with Gasteiger partial charge in [-0.2, -0.15) is 0 Å². The Hall–Kier alpha value is -1.94. The topological polar surface area (TPSA) is 59.9 Å². The molecule has 0 atom stereocenters. The molecule has 28 heavy (non-hydrogen) atoms. The van der Waals surface area contributed by atoms with Crippen molar-refractivity contribution in [1.29, 1.82) is 0 Å². The average molecular weight is 495 g/mol. The fourth-order valence-corrected chi connectivity index (χ4v) is 3.30. The highest BCUT2D eigenvalue weighted by atomic mass is 127. The highest BCUT2D eigenvalue weighted by molar-refractivity contribution is 14.0. The van der Waals surface area contributed by atoms with Crippen molar-refractivity contribution in [3.8, 4) is 0 Å². The summed E-state index contributed by atoms with van der Waals surface area (Å²) in [6.07, 6.45) is 3.58. The number of hydrogen-bond donors (Lipinski definition) is 1. The zero-order valence-corrected chi connectivity index (χ0v) is 19.2. The molecule has 8 heteroatoms. The van der Waals surface area contributed by atoms with E-state index >= 15 is 0 Å². The Balaban J connectivity index is 0.00000280. The van der Waals surface area contributed by atoms with E-state index in [1.165, 1.54) is 11.1 Å². The summed E-state index contributed by atoms with van der Waals surface area (Å²) < 4.78 is 0. The van der Waals surface area contributed by atoms with Crippen LogP contribution in [-0.2, 0) is 13.1 Å². The van der Waals surface area contributed by atoms with Crippen LogP contribution in [0.3, 0.4) is 0 Å². The van der Waals surface area contributed by atoms with Gasteiger partial charge in [-0.05, 0) is 31.3 Å². The number of hydrogen-bond acceptors (Lipinski definition) is 5. The molecule has 1 aromatic heterocycles. The van der Waals surface area contributed by atoms with Crippen LogP contribution < -0.4 is 10.2 Å². The predicted octanol–water partition coefficient (Wildman–Crippen LogP) is 2.05. The largest absolute Gasteiger partial charge is 0.352 e. The molecule has 0 spiro atoms. The molecule has 2 heterocycles. The molecule has 1 aliphatic rings. The quantitative estimate of drug-likeness (QED) is 0.390. The fourth-order valence-electron chi connectivity index (χ4n) is 3.30. The monoisotopic (exact) mass is 495 g/mol. The van der Waals surface area contributed by atoms with Gasteiger partial charge in [-0.15, -0.1) is 24.0 Å². The van der Waals surface area contributed by atoms with Crippen LogP contribution in [0.2, 0.25) is 0 Å². The van der Waals surface area contributed by atoms with Crippen LogP contribution in [0, 0.1) is 0 Å². The van der Waals surface area contributed by atoms with Crippen LogP contribution in [0.4, 0.5) is 5.95 Å². The third kappa shape index (κ3) is 6.03. The van der Waals surface area contributed by atoms with Crippen molar-refractivity contribution in [3.63, 3.8) is 0 Å². The fraction of sp³-hybridized carbons (Fsp3) is 0.450. The van der Waals surface area contributed by atoms with E-state index in [-0.39, 0.29) is 24.0 Å². The number of nitrogens with one attached hydrogen (secondary N) is 1. The molecule has 1 N–H and O–H groups in total. The van der Waals surface area contributed by atoms with Crippen LogP contribution in [-0.4, -0.2) is 73.0 Å². The molecular formula is C20H30IN7. The van der Waals surface area contributed by atoms with Crippen molar-refractivity contribution in [2.45, 2.75) is 13.1 Å². The highest BCUT2D eigenvalue weighted by Crippen LogP contribution is 2.12. The van der Waals surface area contributed by atoms with E-state index < -0.39 is 0 Å². The summed E-state index contributed by atoms with van der Waals surface area (Å²) in [5.41, 5.74) is 2.65. The van der Waals surface area contributed by atoms with Gasteiger partial charge in [-0.25, -0.2) is 9.97 Å². The van der Waals surface area contributed by atoms with Crippen LogP contribution in [0.1, 0.15) is 11.1 Å². The van der Waals surface area contributed by atoms with Gasteiger partial charge in [-0.3, -0.25) is 4.99 Å². The second-order valence-corrected chi connectivity index (χ2v) is 6.93. The van der Waals surface area contributed by atoms with Gasteiger partial charge in [-0.1, -0.05) is 24.3 Å². The number of aromatic nitrogens is 2. The first-order valence-corrected chi connectivity index (χ1v) is 9.36. The molecular weight excluding hydrogens is 465 g/mol. The maximum absolute atomic E-state index is 4.49. The lowest BCUT2D eigenvalue weighted by atomic mass is 10.1. The number of anilines is 1. The van der Waals surface area contributed by atoms with E-state index in [2.05, 4.69) is 73.3 Å². The summed E-state index contributed by atoms with van der Waals surface area (Å²) in [5.74, 6) is 1.75. The minimum Gasteiger partial charge on any atom is -0.352 e. The summed E-state index contributed by atoms with van der Waals surface area (Å²) >= 11 is 0. The van der Waals surface area contributed by atoms with Gasteiger partial charge in [0.25, 0.3) is 0 Å². The second-order valence-electron chi connectivity index (χ2n) is 6.93. The molecule has 1 fully saturated rings. The van der Waals surface area contributed by atoms with Gasteiger partial charge >= 0.3 is 0 Å². The molecule has 0 aliphatic carbocycles. The van der Waals surface area contributed by atoms with E-state index in [9.17, 15) is 0 Å². The van der Waals surface area contributed by atoms with Gasteiger partial charge in [0.2, 0.25) is 5.95 Å². The molecule has 1 saturated heterocycles. The minimum atomic E-state index is 0. The van der Waals surface area contributed by atoms with Crippen molar-refractivity contribution in [2.24, 2.45) is 4.99 Å². The van der Waals surface area contributed by atoms with E-state index in [4.69, 9.17) is 0 Å². The van der Waals surface area contributed by atoms with Gasteiger partial charge in [0.15, 0.2) is 5.96 Å². The van der Waals surface area contributed by atoms with E-state index in [0.717, 1.165) is 51.2 Å². The van der Waals surface area contributed by atoms with Crippen LogP contribution in [0.5, 0.6) is 0 Å². The Morgan fingerprint density at radius 3 is 2.29 bits per heavy atom. The molecule has 0 bridgehead atoms. The number of guanidine groups is 1. The van der Waals surface area contributed by atoms with E-state index in [0.29, 0.717) is 0 Å². The van der Waals surface area contributed by atoms with Crippen LogP contribution >= 0.6 is 24.0 Å². The molecule has 0 radical (unpaired) electrons. The third-order valence-electron chi connectivity index (χ3n) is 4.67. The minimum absolute atomic E-state index is 0. The lowest BCUT2D eigenvalue weighted by molar-refractivity contribution is 0.369. The predicted molar refractivity (Wildman–Crippen MR) is 125 cm³/mol. The first-order valence-electron chi connectivity index (χ1n) is 9.36. The number of nitrogens with zero attached hydrogens (tertiary/aromatic N) is 6. The summed E-state index contributed by atoms with van der Waals surface area (Å²) in [4.78, 5) is 19.9. The standard InChI is InChI=1S/C20H29N7.HI/c1-21-19(24-15-17-7-4-5-8-18(17)16-25(2)3)26-11-13-27(14-12-26)20-22-9-6-10-23-20;/h4-10H,11-16H2,1-3H3,(H,21,24);1H. The SMILES string of the molecule is CN=C(NCc1ccccc1CN(C)C)N1CCN(c2ncccn2)CC1.I. The van der Waals surface area contributed by atoms with Crippen LogP contribution in [0.25, 0.3) is 0 Å². The Morgan fingerprint density at radius 2 is 1.68 bits per heavy atom. The summed E-state index contributed by atoms with van der Waals surface area (Å²) in [7, 11) is 6.04. The Labute approximate surface area is 184 Å². The third-order valence-corrected chi connectivity index (χ3v) is 4.67. The van der Waals surface area contributed by atoms with Crippen molar-refractivity contribution < 1.29 is 0 Å². The Bertz CT molecular complexity index is 743. The van der Waals surface area contributed by atoms with Crippen molar-refractivity contribution in [1.82, 2.24) is 25.1 Å². The Kier molecular flexibility index (Phi) is 8.91. The summed E-state index contributed by atoms with van der Waals surface area (Å²) in [6.45, 7) is 5.29.